The van der Waals surface area contributed by atoms with Crippen molar-refractivity contribution in [3.63, 3.8) is 0 Å². The highest BCUT2D eigenvalue weighted by Crippen LogP contribution is 2.46. The Labute approximate surface area is 356 Å². The first-order valence-electron chi connectivity index (χ1n) is 20.7. The molecule has 6 nitrogen and oxygen atoms in total. The molecule has 7 heteroatoms. The van der Waals surface area contributed by atoms with Crippen LogP contribution < -0.4 is 0 Å². The van der Waals surface area contributed by atoms with Crippen LogP contribution >= 0.6 is 11.3 Å². The summed E-state index contributed by atoms with van der Waals surface area (Å²) in [4.78, 5) is 16.1. The summed E-state index contributed by atoms with van der Waals surface area (Å²) >= 11 is 1.83. The molecular formula is C55H30N4O2S. The average molecular weight is 811 g/mol. The van der Waals surface area contributed by atoms with Crippen molar-refractivity contribution >= 4 is 108 Å². The van der Waals surface area contributed by atoms with E-state index in [1.54, 1.807) is 0 Å². The molecule has 0 unspecified atom stereocenters. The first-order valence-corrected chi connectivity index (χ1v) is 21.5. The van der Waals surface area contributed by atoms with Gasteiger partial charge in [0, 0.05) is 69.2 Å². The van der Waals surface area contributed by atoms with Gasteiger partial charge in [-0.05, 0) is 70.9 Å². The van der Waals surface area contributed by atoms with Crippen LogP contribution in [-0.2, 0) is 0 Å². The molecule has 0 bridgehead atoms. The predicted octanol–water partition coefficient (Wildman–Crippen LogP) is 15.3. The van der Waals surface area contributed by atoms with E-state index in [9.17, 15) is 0 Å². The third-order valence-electron chi connectivity index (χ3n) is 12.5. The van der Waals surface area contributed by atoms with Gasteiger partial charge in [-0.1, -0.05) is 127 Å². The van der Waals surface area contributed by atoms with Crippen molar-refractivity contribution < 1.29 is 8.83 Å². The molecule has 0 aliphatic carbocycles. The maximum Gasteiger partial charge on any atom is 0.238 e. The zero-order chi connectivity index (χ0) is 40.5. The van der Waals surface area contributed by atoms with Crippen molar-refractivity contribution in [2.24, 2.45) is 0 Å². The van der Waals surface area contributed by atoms with E-state index in [0.717, 1.165) is 82.4 Å². The van der Waals surface area contributed by atoms with Gasteiger partial charge in [0.25, 0.3) is 0 Å². The van der Waals surface area contributed by atoms with Gasteiger partial charge >= 0.3 is 0 Å². The van der Waals surface area contributed by atoms with Gasteiger partial charge in [0.15, 0.2) is 11.6 Å². The first kappa shape index (κ1) is 33.7. The Hall–Kier alpha value is -8.13. The minimum absolute atomic E-state index is 0.518. The second kappa shape index (κ2) is 12.7. The quantitative estimate of drug-likeness (QED) is 0.177. The van der Waals surface area contributed by atoms with E-state index in [0.29, 0.717) is 17.6 Å². The van der Waals surface area contributed by atoms with Crippen molar-refractivity contribution in [1.29, 1.82) is 0 Å². The lowest BCUT2D eigenvalue weighted by Gasteiger charge is -2.14. The summed E-state index contributed by atoms with van der Waals surface area (Å²) in [7, 11) is 0. The number of fused-ring (bicyclic) bond motifs is 14. The molecule has 0 spiro atoms. The van der Waals surface area contributed by atoms with Crippen molar-refractivity contribution in [2.45, 2.75) is 0 Å². The molecule has 14 rings (SSSR count). The summed E-state index contributed by atoms with van der Waals surface area (Å²) in [5.74, 6) is 1.59. The fraction of sp³-hybridized carbons (Fsp3) is 0. The number of nitrogens with zero attached hydrogens (tertiary/aromatic N) is 4. The van der Waals surface area contributed by atoms with Crippen LogP contribution in [0.4, 0.5) is 0 Å². The Morgan fingerprint density at radius 3 is 1.68 bits per heavy atom. The maximum absolute atomic E-state index is 6.40. The van der Waals surface area contributed by atoms with Crippen molar-refractivity contribution in [1.82, 2.24) is 19.5 Å². The molecule has 0 saturated carbocycles. The topological polar surface area (TPSA) is 69.9 Å². The lowest BCUT2D eigenvalue weighted by atomic mass is 9.96. The fourth-order valence-corrected chi connectivity index (χ4v) is 10.8. The third-order valence-corrected chi connectivity index (χ3v) is 13.6. The van der Waals surface area contributed by atoms with Gasteiger partial charge in [0.2, 0.25) is 5.95 Å². The summed E-state index contributed by atoms with van der Waals surface area (Å²) in [5.41, 5.74) is 9.20. The van der Waals surface area contributed by atoms with E-state index in [1.807, 2.05) is 59.9 Å². The van der Waals surface area contributed by atoms with Crippen LogP contribution in [0.2, 0.25) is 0 Å². The summed E-state index contributed by atoms with van der Waals surface area (Å²) in [6.45, 7) is 0. The minimum Gasteiger partial charge on any atom is -0.456 e. The number of hydrogen-bond acceptors (Lipinski definition) is 6. The van der Waals surface area contributed by atoms with Gasteiger partial charge < -0.3 is 8.83 Å². The molecule has 288 valence electrons. The highest BCUT2D eigenvalue weighted by Gasteiger charge is 2.24. The molecule has 14 aromatic rings. The van der Waals surface area contributed by atoms with Crippen LogP contribution in [-0.4, -0.2) is 19.5 Å². The van der Waals surface area contributed by atoms with Crippen LogP contribution in [0.15, 0.2) is 191 Å². The van der Waals surface area contributed by atoms with Gasteiger partial charge in [-0.15, -0.1) is 11.3 Å². The molecule has 9 aromatic carbocycles. The molecule has 0 fully saturated rings. The van der Waals surface area contributed by atoms with Gasteiger partial charge in [0.1, 0.15) is 22.3 Å². The summed E-state index contributed by atoms with van der Waals surface area (Å²) in [6.07, 6.45) is 0. The number of benzene rings is 9. The van der Waals surface area contributed by atoms with E-state index in [1.165, 1.54) is 36.5 Å². The summed E-state index contributed by atoms with van der Waals surface area (Å²) < 4.78 is 17.6. The Kier molecular flexibility index (Phi) is 6.89. The van der Waals surface area contributed by atoms with E-state index in [4.69, 9.17) is 23.8 Å². The van der Waals surface area contributed by atoms with E-state index in [-0.39, 0.29) is 0 Å². The van der Waals surface area contributed by atoms with Gasteiger partial charge in [0.05, 0.1) is 11.0 Å². The van der Waals surface area contributed by atoms with E-state index in [2.05, 4.69) is 138 Å². The standard InChI is InChI=1S/C55H30N4O2S/c1-2-12-34-31(11-1)25-28-43-50(34)42-18-9-17-40(39-16-10-22-49-51(39)41-15-5-8-21-48(41)62-49)52(42)59(43)55-57-53(32-23-26-37-35-13-3-6-19-44(35)60-46(37)29-32)56-54(58-55)33-24-27-38-36-14-4-7-20-45(36)61-47(38)30-33/h1-30H. The number of furan rings is 2. The highest BCUT2D eigenvalue weighted by atomic mass is 32.1. The molecule has 0 aliphatic heterocycles. The third kappa shape index (κ3) is 4.82. The van der Waals surface area contributed by atoms with Crippen LogP contribution in [0.25, 0.3) is 136 Å². The molecule has 0 radical (unpaired) electrons. The molecule has 0 saturated heterocycles. The smallest absolute Gasteiger partial charge is 0.238 e. The molecule has 0 amide bonds. The van der Waals surface area contributed by atoms with E-state index >= 15 is 0 Å². The van der Waals surface area contributed by atoms with E-state index < -0.39 is 0 Å². The van der Waals surface area contributed by atoms with Crippen LogP contribution in [0.1, 0.15) is 0 Å². The van der Waals surface area contributed by atoms with Crippen molar-refractivity contribution in [3.8, 4) is 39.9 Å². The lowest BCUT2D eigenvalue weighted by Crippen LogP contribution is -2.07. The highest BCUT2D eigenvalue weighted by molar-refractivity contribution is 7.25. The average Bonchev–Trinajstić information content (AvgIpc) is 4.09. The van der Waals surface area contributed by atoms with Gasteiger partial charge in [-0.25, -0.2) is 4.98 Å². The Balaban J connectivity index is 1.10. The molecule has 5 heterocycles. The first-order chi connectivity index (χ1) is 30.7. The molecule has 0 aliphatic rings. The molecule has 0 atom stereocenters. The van der Waals surface area contributed by atoms with Crippen LogP contribution in [0.3, 0.4) is 0 Å². The van der Waals surface area contributed by atoms with Gasteiger partial charge in [-0.2, -0.15) is 9.97 Å². The second-order valence-electron chi connectivity index (χ2n) is 15.9. The number of hydrogen-bond donors (Lipinski definition) is 0. The van der Waals surface area contributed by atoms with Gasteiger partial charge in [-0.3, -0.25) is 4.57 Å². The molecule has 5 aromatic heterocycles. The number of rotatable bonds is 4. The number of thiophene rings is 1. The Morgan fingerprint density at radius 2 is 0.952 bits per heavy atom. The molecule has 62 heavy (non-hydrogen) atoms. The second-order valence-corrected chi connectivity index (χ2v) is 17.0. The Morgan fingerprint density at radius 1 is 0.387 bits per heavy atom. The monoisotopic (exact) mass is 810 g/mol. The SMILES string of the molecule is c1ccc2c(c1)ccc1c2c2cccc(-c3cccc4sc5ccccc5c34)c2n1-c1nc(-c2ccc3c(c2)oc2ccccc23)nc(-c2ccc3c(c2)oc2ccccc23)n1. The number of para-hydroxylation sites is 3. The normalized spacial score (nSPS) is 12.2. The number of aromatic nitrogens is 4. The van der Waals surface area contributed by atoms with Crippen LogP contribution in [0, 0.1) is 0 Å². The van der Waals surface area contributed by atoms with Crippen LogP contribution in [0.5, 0.6) is 0 Å². The summed E-state index contributed by atoms with van der Waals surface area (Å²) in [6, 6.07) is 63.8. The zero-order valence-corrected chi connectivity index (χ0v) is 33.7. The molecular weight excluding hydrogens is 781 g/mol. The lowest BCUT2D eigenvalue weighted by molar-refractivity contribution is 0.668. The maximum atomic E-state index is 6.40. The minimum atomic E-state index is 0.518. The summed E-state index contributed by atoms with van der Waals surface area (Å²) in [5, 5.41) is 11.4. The zero-order valence-electron chi connectivity index (χ0n) is 32.8. The molecule has 0 N–H and O–H groups in total. The largest absolute Gasteiger partial charge is 0.456 e. The Bertz CT molecular complexity index is 4060. The van der Waals surface area contributed by atoms with Crippen molar-refractivity contribution in [2.75, 3.05) is 0 Å². The predicted molar refractivity (Wildman–Crippen MR) is 255 cm³/mol. The van der Waals surface area contributed by atoms with Crippen molar-refractivity contribution in [3.05, 3.63) is 182 Å². The fourth-order valence-electron chi connectivity index (χ4n) is 9.71.